The summed E-state index contributed by atoms with van der Waals surface area (Å²) in [6.45, 7) is 1.86. The van der Waals surface area contributed by atoms with Gasteiger partial charge < -0.3 is 5.32 Å². The van der Waals surface area contributed by atoms with Crippen molar-refractivity contribution in [1.82, 2.24) is 9.97 Å². The molecule has 0 atom stereocenters. The minimum atomic E-state index is -0.241. The maximum atomic E-state index is 11.7. The van der Waals surface area contributed by atoms with Crippen LogP contribution in [0.5, 0.6) is 0 Å². The first kappa shape index (κ1) is 11.2. The second kappa shape index (κ2) is 4.71. The number of thiazole rings is 1. The first-order valence-electron chi connectivity index (χ1n) is 4.50. The van der Waals surface area contributed by atoms with Gasteiger partial charge in [0.2, 0.25) is 0 Å². The van der Waals surface area contributed by atoms with E-state index in [0.717, 1.165) is 9.48 Å². The average molecular weight is 298 g/mol. The van der Waals surface area contributed by atoms with E-state index in [1.54, 1.807) is 23.7 Å². The molecule has 2 rings (SSSR count). The van der Waals surface area contributed by atoms with E-state index in [0.29, 0.717) is 11.5 Å². The number of carbonyl (C=O) groups is 1. The van der Waals surface area contributed by atoms with Gasteiger partial charge in [-0.2, -0.15) is 0 Å². The topological polar surface area (TPSA) is 54.9 Å². The smallest absolute Gasteiger partial charge is 0.276 e. The van der Waals surface area contributed by atoms with Gasteiger partial charge in [0.1, 0.15) is 11.5 Å². The molecule has 0 aliphatic heterocycles. The quantitative estimate of drug-likeness (QED) is 0.927. The number of carbonyl (C=O) groups excluding carboxylic acids is 1. The number of pyridine rings is 1. The van der Waals surface area contributed by atoms with Gasteiger partial charge in [-0.05, 0) is 19.1 Å². The first-order valence-corrected chi connectivity index (χ1v) is 6.17. The summed E-state index contributed by atoms with van der Waals surface area (Å²) in [6.07, 6.45) is 1.62. The Labute approximate surface area is 105 Å². The molecular weight excluding hydrogens is 290 g/mol. The van der Waals surface area contributed by atoms with Gasteiger partial charge in [0, 0.05) is 16.0 Å². The highest BCUT2D eigenvalue weighted by Gasteiger charge is 2.09. The molecule has 0 radical (unpaired) electrons. The fourth-order valence-electron chi connectivity index (χ4n) is 1.12. The van der Waals surface area contributed by atoms with Gasteiger partial charge in [0.15, 0.2) is 0 Å². The van der Waals surface area contributed by atoms with Crippen LogP contribution in [-0.2, 0) is 0 Å². The number of aromatic nitrogens is 2. The molecule has 0 saturated carbocycles. The van der Waals surface area contributed by atoms with Crippen molar-refractivity contribution in [2.24, 2.45) is 0 Å². The van der Waals surface area contributed by atoms with Crippen molar-refractivity contribution in [3.05, 3.63) is 38.9 Å². The number of hydrogen-bond donors (Lipinski definition) is 1. The number of amides is 1. The van der Waals surface area contributed by atoms with E-state index in [-0.39, 0.29) is 5.91 Å². The van der Waals surface area contributed by atoms with E-state index >= 15 is 0 Å². The van der Waals surface area contributed by atoms with Crippen molar-refractivity contribution in [1.29, 1.82) is 0 Å². The molecule has 16 heavy (non-hydrogen) atoms. The van der Waals surface area contributed by atoms with E-state index in [2.05, 4.69) is 31.2 Å². The van der Waals surface area contributed by atoms with Crippen molar-refractivity contribution in [3.63, 3.8) is 0 Å². The van der Waals surface area contributed by atoms with Gasteiger partial charge in [-0.3, -0.25) is 4.79 Å². The van der Waals surface area contributed by atoms with Crippen molar-refractivity contribution >= 4 is 39.0 Å². The average Bonchev–Trinajstić information content (AvgIpc) is 2.65. The zero-order valence-electron chi connectivity index (χ0n) is 8.40. The van der Waals surface area contributed by atoms with E-state index < -0.39 is 0 Å². The summed E-state index contributed by atoms with van der Waals surface area (Å²) in [5.74, 6) is 0.264. The molecule has 82 valence electrons. The molecule has 0 saturated heterocycles. The number of aryl methyl sites for hydroxylation is 1. The molecule has 2 aromatic rings. The molecule has 2 heterocycles. The largest absolute Gasteiger partial charge is 0.305 e. The first-order chi connectivity index (χ1) is 7.65. The van der Waals surface area contributed by atoms with Gasteiger partial charge >= 0.3 is 0 Å². The predicted molar refractivity (Wildman–Crippen MR) is 66.7 cm³/mol. The molecular formula is C10H8BrN3OS. The number of nitrogens with one attached hydrogen (secondary N) is 1. The molecule has 0 spiro atoms. The van der Waals surface area contributed by atoms with Gasteiger partial charge in [-0.25, -0.2) is 9.97 Å². The summed E-state index contributed by atoms with van der Waals surface area (Å²) in [5, 5.41) is 5.27. The maximum absolute atomic E-state index is 11.7. The molecule has 1 N–H and O–H groups in total. The monoisotopic (exact) mass is 297 g/mol. The number of rotatable bonds is 2. The third-order valence-corrected chi connectivity index (χ3v) is 3.08. The van der Waals surface area contributed by atoms with Crippen LogP contribution in [0.25, 0.3) is 0 Å². The molecule has 0 fully saturated rings. The van der Waals surface area contributed by atoms with Crippen molar-refractivity contribution < 1.29 is 4.79 Å². The Morgan fingerprint density at radius 3 is 3.00 bits per heavy atom. The molecule has 6 heteroatoms. The van der Waals surface area contributed by atoms with Crippen molar-refractivity contribution in [2.75, 3.05) is 5.32 Å². The lowest BCUT2D eigenvalue weighted by atomic mass is 10.4. The summed E-state index contributed by atoms with van der Waals surface area (Å²) in [5.41, 5.74) is 0.421. The van der Waals surface area contributed by atoms with Crippen LogP contribution in [0.4, 0.5) is 5.82 Å². The molecule has 0 bridgehead atoms. The molecule has 0 aliphatic rings. The SMILES string of the molecule is Cc1nc(C(=O)Nc2cc(Br)ccn2)cs1. The Kier molecular flexibility index (Phi) is 3.31. The highest BCUT2D eigenvalue weighted by atomic mass is 79.9. The lowest BCUT2D eigenvalue weighted by molar-refractivity contribution is 0.102. The van der Waals surface area contributed by atoms with Crippen LogP contribution >= 0.6 is 27.3 Å². The van der Waals surface area contributed by atoms with Crippen LogP contribution < -0.4 is 5.32 Å². The molecule has 4 nitrogen and oxygen atoms in total. The van der Waals surface area contributed by atoms with E-state index in [4.69, 9.17) is 0 Å². The predicted octanol–water partition coefficient (Wildman–Crippen LogP) is 2.86. The van der Waals surface area contributed by atoms with Crippen LogP contribution in [0.2, 0.25) is 0 Å². The minimum absolute atomic E-state index is 0.241. The fourth-order valence-corrected chi connectivity index (χ4v) is 2.05. The summed E-state index contributed by atoms with van der Waals surface area (Å²) < 4.78 is 0.868. The highest BCUT2D eigenvalue weighted by molar-refractivity contribution is 9.10. The lowest BCUT2D eigenvalue weighted by Gasteiger charge is -2.01. The Balaban J connectivity index is 2.13. The minimum Gasteiger partial charge on any atom is -0.305 e. The Hall–Kier alpha value is -1.27. The summed E-state index contributed by atoms with van der Waals surface area (Å²) in [7, 11) is 0. The van der Waals surface area contributed by atoms with E-state index in [9.17, 15) is 4.79 Å². The zero-order chi connectivity index (χ0) is 11.5. The van der Waals surface area contributed by atoms with Crippen LogP contribution in [0.3, 0.4) is 0 Å². The highest BCUT2D eigenvalue weighted by Crippen LogP contribution is 2.14. The Morgan fingerprint density at radius 1 is 1.56 bits per heavy atom. The van der Waals surface area contributed by atoms with Crippen LogP contribution in [0, 0.1) is 6.92 Å². The summed E-state index contributed by atoms with van der Waals surface area (Å²) in [6, 6.07) is 3.53. The van der Waals surface area contributed by atoms with Gasteiger partial charge in [-0.1, -0.05) is 15.9 Å². The molecule has 1 amide bonds. The zero-order valence-corrected chi connectivity index (χ0v) is 10.8. The third kappa shape index (κ3) is 2.65. The Bertz CT molecular complexity index is 526. The van der Waals surface area contributed by atoms with E-state index in [1.165, 1.54) is 11.3 Å². The van der Waals surface area contributed by atoms with Crippen molar-refractivity contribution in [2.45, 2.75) is 6.92 Å². The van der Waals surface area contributed by atoms with Crippen LogP contribution in [-0.4, -0.2) is 15.9 Å². The molecule has 0 aliphatic carbocycles. The van der Waals surface area contributed by atoms with Crippen LogP contribution in [0.15, 0.2) is 28.2 Å². The number of nitrogens with zero attached hydrogens (tertiary/aromatic N) is 2. The molecule has 0 unspecified atom stereocenters. The summed E-state index contributed by atoms with van der Waals surface area (Å²) >= 11 is 4.75. The van der Waals surface area contributed by atoms with Gasteiger partial charge in [-0.15, -0.1) is 11.3 Å². The van der Waals surface area contributed by atoms with Gasteiger partial charge in [0.25, 0.3) is 5.91 Å². The molecule has 2 aromatic heterocycles. The number of anilines is 1. The lowest BCUT2D eigenvalue weighted by Crippen LogP contribution is -2.13. The number of halogens is 1. The number of hydrogen-bond acceptors (Lipinski definition) is 4. The molecule has 0 aromatic carbocycles. The van der Waals surface area contributed by atoms with Gasteiger partial charge in [0.05, 0.1) is 5.01 Å². The normalized spacial score (nSPS) is 10.1. The van der Waals surface area contributed by atoms with Crippen LogP contribution in [0.1, 0.15) is 15.5 Å². The summed E-state index contributed by atoms with van der Waals surface area (Å²) in [4.78, 5) is 19.8. The van der Waals surface area contributed by atoms with E-state index in [1.807, 2.05) is 6.92 Å². The second-order valence-corrected chi connectivity index (χ2v) is 5.04. The Morgan fingerprint density at radius 2 is 2.38 bits per heavy atom. The fraction of sp³-hybridized carbons (Fsp3) is 0.100. The second-order valence-electron chi connectivity index (χ2n) is 3.07. The standard InChI is InChI=1S/C10H8BrN3OS/c1-6-13-8(5-16-6)10(15)14-9-4-7(11)2-3-12-9/h2-5H,1H3,(H,12,14,15). The maximum Gasteiger partial charge on any atom is 0.276 e. The van der Waals surface area contributed by atoms with Crippen molar-refractivity contribution in [3.8, 4) is 0 Å². The third-order valence-electron chi connectivity index (χ3n) is 1.82.